The highest BCUT2D eigenvalue weighted by atomic mass is 32.2. The summed E-state index contributed by atoms with van der Waals surface area (Å²) in [5.41, 5.74) is 1.83. The quantitative estimate of drug-likeness (QED) is 0.490. The molecule has 2 aromatic carbocycles. The van der Waals surface area contributed by atoms with Crippen LogP contribution in [0.5, 0.6) is 0 Å². The average molecular weight is 357 g/mol. The Morgan fingerprint density at radius 3 is 2.32 bits per heavy atom. The molecule has 0 spiro atoms. The van der Waals surface area contributed by atoms with E-state index in [2.05, 4.69) is 17.4 Å². The number of carboxylic acid groups (broad SMARTS) is 1. The van der Waals surface area contributed by atoms with E-state index in [1.165, 1.54) is 10.5 Å². The predicted octanol–water partition coefficient (Wildman–Crippen LogP) is 4.35. The molecule has 132 valence electrons. The molecule has 1 amide bonds. The maximum atomic E-state index is 12.1. The molecule has 0 radical (unpaired) electrons. The number of unbranched alkanes of at least 4 members (excludes halogenated alkanes) is 2. The molecular weight excluding hydrogens is 334 g/mol. The van der Waals surface area contributed by atoms with Crippen LogP contribution in [0.1, 0.15) is 41.6 Å². The van der Waals surface area contributed by atoms with E-state index in [4.69, 9.17) is 5.11 Å². The first-order chi connectivity index (χ1) is 12.1. The van der Waals surface area contributed by atoms with Crippen molar-refractivity contribution in [3.05, 3.63) is 65.7 Å². The van der Waals surface area contributed by atoms with Gasteiger partial charge in [0.1, 0.15) is 0 Å². The zero-order chi connectivity index (χ0) is 17.9. The van der Waals surface area contributed by atoms with E-state index in [0.717, 1.165) is 18.6 Å². The molecule has 0 aliphatic heterocycles. The van der Waals surface area contributed by atoms with Gasteiger partial charge in [-0.15, -0.1) is 11.8 Å². The molecule has 0 heterocycles. The van der Waals surface area contributed by atoms with Crippen LogP contribution in [0.3, 0.4) is 0 Å². The number of hydrogen-bond acceptors (Lipinski definition) is 3. The Morgan fingerprint density at radius 1 is 0.920 bits per heavy atom. The number of carbonyl (C=O) groups is 2. The van der Waals surface area contributed by atoms with E-state index in [9.17, 15) is 9.59 Å². The van der Waals surface area contributed by atoms with Crippen LogP contribution in [0.15, 0.2) is 59.5 Å². The molecule has 0 fully saturated rings. The van der Waals surface area contributed by atoms with Gasteiger partial charge in [-0.25, -0.2) is 0 Å². The van der Waals surface area contributed by atoms with Crippen molar-refractivity contribution in [3.63, 3.8) is 0 Å². The van der Waals surface area contributed by atoms with Crippen molar-refractivity contribution in [1.29, 1.82) is 0 Å². The fourth-order valence-electron chi connectivity index (χ4n) is 2.32. The van der Waals surface area contributed by atoms with Gasteiger partial charge in [-0.1, -0.05) is 36.8 Å². The highest BCUT2D eigenvalue weighted by Crippen LogP contribution is 2.22. The van der Waals surface area contributed by atoms with E-state index in [-0.39, 0.29) is 12.3 Å². The number of rotatable bonds is 10. The number of benzene rings is 2. The third-order valence-electron chi connectivity index (χ3n) is 3.72. The number of carboxylic acids is 1. The first-order valence-corrected chi connectivity index (χ1v) is 9.40. The number of amides is 1. The van der Waals surface area contributed by atoms with E-state index in [1.807, 2.05) is 42.5 Å². The van der Waals surface area contributed by atoms with Gasteiger partial charge in [-0.05, 0) is 42.7 Å². The van der Waals surface area contributed by atoms with Gasteiger partial charge < -0.3 is 10.4 Å². The van der Waals surface area contributed by atoms with Gasteiger partial charge in [-0.3, -0.25) is 9.59 Å². The van der Waals surface area contributed by atoms with Gasteiger partial charge in [0.2, 0.25) is 0 Å². The third kappa shape index (κ3) is 7.44. The molecule has 2 rings (SSSR count). The van der Waals surface area contributed by atoms with Crippen molar-refractivity contribution >= 4 is 23.6 Å². The van der Waals surface area contributed by atoms with E-state index < -0.39 is 5.97 Å². The molecule has 0 atom stereocenters. The Morgan fingerprint density at radius 2 is 1.64 bits per heavy atom. The molecule has 25 heavy (non-hydrogen) atoms. The first kappa shape index (κ1) is 19.1. The summed E-state index contributed by atoms with van der Waals surface area (Å²) in [6.07, 6.45) is 2.45. The Kier molecular flexibility index (Phi) is 8.05. The Hall–Kier alpha value is -2.27. The summed E-state index contributed by atoms with van der Waals surface area (Å²) in [5.74, 6) is 0.0187. The summed E-state index contributed by atoms with van der Waals surface area (Å²) in [6.45, 7) is 0.573. The molecule has 5 heteroatoms. The minimum atomic E-state index is -0.769. The topological polar surface area (TPSA) is 66.4 Å². The molecule has 4 nitrogen and oxygen atoms in total. The van der Waals surface area contributed by atoms with Gasteiger partial charge in [0.15, 0.2) is 0 Å². The summed E-state index contributed by atoms with van der Waals surface area (Å²) in [6, 6.07) is 17.9. The number of hydrogen-bond donors (Lipinski definition) is 2. The average Bonchev–Trinajstić information content (AvgIpc) is 2.63. The fourth-order valence-corrected chi connectivity index (χ4v) is 3.19. The standard InChI is InChI=1S/C20H23NO3S/c22-19(23)9-5-2-6-14-21-20(24)17-12-10-16(11-13-17)15-25-18-7-3-1-4-8-18/h1,3-4,7-8,10-13H,2,5-6,9,14-15H2,(H,21,24)(H,22,23). The lowest BCUT2D eigenvalue weighted by Crippen LogP contribution is -2.24. The molecule has 0 aromatic heterocycles. The minimum absolute atomic E-state index is 0.0829. The summed E-state index contributed by atoms with van der Waals surface area (Å²) in [7, 11) is 0. The second-order valence-corrected chi connectivity index (χ2v) is 6.81. The van der Waals surface area contributed by atoms with Gasteiger partial charge in [0, 0.05) is 29.2 Å². The van der Waals surface area contributed by atoms with Crippen LogP contribution in [0.25, 0.3) is 0 Å². The van der Waals surface area contributed by atoms with Crippen molar-refractivity contribution in [2.24, 2.45) is 0 Å². The summed E-state index contributed by atoms with van der Waals surface area (Å²) in [4.78, 5) is 23.7. The van der Waals surface area contributed by atoms with Gasteiger partial charge in [-0.2, -0.15) is 0 Å². The van der Waals surface area contributed by atoms with Crippen LogP contribution < -0.4 is 5.32 Å². The number of aliphatic carboxylic acids is 1. The SMILES string of the molecule is O=C(O)CCCCCNC(=O)c1ccc(CSc2ccccc2)cc1. The maximum absolute atomic E-state index is 12.1. The highest BCUT2D eigenvalue weighted by molar-refractivity contribution is 7.98. The van der Waals surface area contributed by atoms with Gasteiger partial charge in [0.25, 0.3) is 5.91 Å². The number of carbonyl (C=O) groups excluding carboxylic acids is 1. The zero-order valence-corrected chi connectivity index (χ0v) is 14.9. The molecule has 0 saturated heterocycles. The predicted molar refractivity (Wildman–Crippen MR) is 101 cm³/mol. The van der Waals surface area contributed by atoms with Crippen molar-refractivity contribution in [3.8, 4) is 0 Å². The van der Waals surface area contributed by atoms with Crippen LogP contribution in [0, 0.1) is 0 Å². The smallest absolute Gasteiger partial charge is 0.303 e. The second-order valence-electron chi connectivity index (χ2n) is 5.76. The van der Waals surface area contributed by atoms with Gasteiger partial charge in [0.05, 0.1) is 0 Å². The van der Waals surface area contributed by atoms with Crippen LogP contribution in [-0.4, -0.2) is 23.5 Å². The van der Waals surface area contributed by atoms with E-state index in [0.29, 0.717) is 18.5 Å². The third-order valence-corrected chi connectivity index (χ3v) is 4.80. The molecule has 0 aliphatic carbocycles. The van der Waals surface area contributed by atoms with Crippen LogP contribution >= 0.6 is 11.8 Å². The molecular formula is C20H23NO3S. The van der Waals surface area contributed by atoms with Gasteiger partial charge >= 0.3 is 5.97 Å². The van der Waals surface area contributed by atoms with E-state index >= 15 is 0 Å². The zero-order valence-electron chi connectivity index (χ0n) is 14.1. The molecule has 0 bridgehead atoms. The number of thioether (sulfide) groups is 1. The summed E-state index contributed by atoms with van der Waals surface area (Å²) >= 11 is 1.77. The summed E-state index contributed by atoms with van der Waals surface area (Å²) < 4.78 is 0. The fraction of sp³-hybridized carbons (Fsp3) is 0.300. The van der Waals surface area contributed by atoms with E-state index in [1.54, 1.807) is 11.8 Å². The van der Waals surface area contributed by atoms with Crippen LogP contribution in [0.2, 0.25) is 0 Å². The van der Waals surface area contributed by atoms with Crippen LogP contribution in [-0.2, 0) is 10.5 Å². The van der Waals surface area contributed by atoms with Crippen molar-refractivity contribution in [2.75, 3.05) is 6.54 Å². The molecule has 0 aliphatic rings. The van der Waals surface area contributed by atoms with Crippen LogP contribution in [0.4, 0.5) is 0 Å². The van der Waals surface area contributed by atoms with Crippen molar-refractivity contribution in [1.82, 2.24) is 5.32 Å². The van der Waals surface area contributed by atoms with Crippen molar-refractivity contribution in [2.45, 2.75) is 36.3 Å². The second kappa shape index (κ2) is 10.6. The largest absolute Gasteiger partial charge is 0.481 e. The monoisotopic (exact) mass is 357 g/mol. The minimum Gasteiger partial charge on any atom is -0.481 e. The molecule has 2 N–H and O–H groups in total. The summed E-state index contributed by atoms with van der Waals surface area (Å²) in [5, 5.41) is 11.4. The Labute approximate surface area is 152 Å². The van der Waals surface area contributed by atoms with Crippen molar-refractivity contribution < 1.29 is 14.7 Å². The lowest BCUT2D eigenvalue weighted by Gasteiger charge is -2.06. The maximum Gasteiger partial charge on any atom is 0.303 e. The Bertz CT molecular complexity index is 671. The molecule has 2 aromatic rings. The molecule has 0 saturated carbocycles. The normalized spacial score (nSPS) is 10.4. The first-order valence-electron chi connectivity index (χ1n) is 8.42. The Balaban J connectivity index is 1.69. The number of nitrogens with one attached hydrogen (secondary N) is 1. The molecule has 0 unspecified atom stereocenters. The lowest BCUT2D eigenvalue weighted by molar-refractivity contribution is -0.137. The highest BCUT2D eigenvalue weighted by Gasteiger charge is 2.05. The lowest BCUT2D eigenvalue weighted by atomic mass is 10.1.